The van der Waals surface area contributed by atoms with Crippen LogP contribution in [0.5, 0.6) is 5.75 Å². The van der Waals surface area contributed by atoms with E-state index in [1.165, 1.54) is 4.90 Å². The molecule has 4 amide bonds. The van der Waals surface area contributed by atoms with Crippen molar-refractivity contribution in [2.45, 2.75) is 83.6 Å². The molecule has 2 aromatic carbocycles. The Bertz CT molecular complexity index is 2260. The number of carbonyl (C=O) groups excluding carboxylic acids is 4. The van der Waals surface area contributed by atoms with E-state index in [-0.39, 0.29) is 60.2 Å². The maximum Gasteiger partial charge on any atom is 0.246 e. The van der Waals surface area contributed by atoms with Crippen LogP contribution in [-0.2, 0) is 25.7 Å². The lowest BCUT2D eigenvalue weighted by molar-refractivity contribution is -0.151. The van der Waals surface area contributed by atoms with Crippen molar-refractivity contribution in [2.24, 2.45) is 16.7 Å². The monoisotopic (exact) mass is 889 g/mol. The minimum atomic E-state index is -0.858. The summed E-state index contributed by atoms with van der Waals surface area (Å²) in [5, 5.41) is 38.8. The molecule has 8 rings (SSSR count). The van der Waals surface area contributed by atoms with Gasteiger partial charge in [-0.15, -0.1) is 16.6 Å². The highest BCUT2D eigenvalue weighted by molar-refractivity contribution is 5.93. The maximum atomic E-state index is 14.1. The highest BCUT2D eigenvalue weighted by Crippen LogP contribution is 2.60. The molecule has 0 bridgehead atoms. The number of β-amino-alcohol motifs (C(OH)–C–C–N with tert-alkyl or cyclic N) is 1. The summed E-state index contributed by atoms with van der Waals surface area (Å²) in [6.07, 6.45) is 8.38. The number of hydrogen-bond donors (Lipinski definition) is 5. The molecule has 4 heterocycles. The molecule has 1 spiro atoms. The van der Waals surface area contributed by atoms with Gasteiger partial charge in [0.1, 0.15) is 17.8 Å². The average molecular weight is 889 g/mol. The van der Waals surface area contributed by atoms with Crippen LogP contribution in [0.25, 0.3) is 11.3 Å². The number of amides is 4. The van der Waals surface area contributed by atoms with E-state index in [1.807, 2.05) is 63.1 Å². The lowest BCUT2D eigenvalue weighted by Gasteiger charge is -2.60. The Labute approximate surface area is 382 Å². The molecule has 0 radical (unpaired) electrons. The fourth-order valence-electron chi connectivity index (χ4n) is 10.5. The van der Waals surface area contributed by atoms with Gasteiger partial charge in [0, 0.05) is 102 Å². The molecular formula is C49H64N10O6. The van der Waals surface area contributed by atoms with E-state index in [9.17, 15) is 29.4 Å². The number of nitrogens with zero attached hydrogens (tertiary/aromatic N) is 7. The van der Waals surface area contributed by atoms with Crippen LogP contribution < -0.4 is 20.9 Å². The van der Waals surface area contributed by atoms with Gasteiger partial charge in [-0.3, -0.25) is 29.0 Å². The second-order valence-corrected chi connectivity index (χ2v) is 19.8. The van der Waals surface area contributed by atoms with Crippen molar-refractivity contribution in [3.63, 3.8) is 0 Å². The molecule has 5 N–H and O–H groups in total. The third-order valence-corrected chi connectivity index (χ3v) is 14.4. The number of para-hydroxylation sites is 1. The Morgan fingerprint density at radius 1 is 0.908 bits per heavy atom. The van der Waals surface area contributed by atoms with Gasteiger partial charge in [-0.2, -0.15) is 0 Å². The highest BCUT2D eigenvalue weighted by Gasteiger charge is 2.57. The van der Waals surface area contributed by atoms with E-state index < -0.39 is 23.6 Å². The number of nitrogens with one attached hydrogen (secondary N) is 3. The number of phenols is 1. The number of piperazine rings is 2. The van der Waals surface area contributed by atoms with Gasteiger partial charge in [0.2, 0.25) is 23.6 Å². The molecule has 346 valence electrons. The standard InChI is InChI=1S/C49H64N10O6/c1-6-32-11-13-33(14-12-32)29-51-46(64)40-23-36(60)30-59(40)47(65)43(48(2,3)4)52-45(63)34-25-49(26-34)27-35(28-49)56-19-21-58(22-20-56)42(62)31-55-15-17-57(18-16-55)39-24-38(53-54-44(39)50-5)37-9-7-8-10-41(37)61/h1,7-14,24,34-36,40,43,60-61H,15-23,25-31H2,2-5H3,(H,50,54)(H,51,64)(H,52,63)/t34-,35-,36-,40+,43-,49?/m1/s1. The van der Waals surface area contributed by atoms with E-state index in [0.717, 1.165) is 81.8 Å². The molecule has 3 aromatic rings. The zero-order valence-electron chi connectivity index (χ0n) is 38.1. The summed E-state index contributed by atoms with van der Waals surface area (Å²) in [7, 11) is 1.82. The van der Waals surface area contributed by atoms with Gasteiger partial charge in [0.15, 0.2) is 5.82 Å². The second-order valence-electron chi connectivity index (χ2n) is 19.8. The fourth-order valence-corrected chi connectivity index (χ4v) is 10.5. The first-order chi connectivity index (χ1) is 31.1. The predicted octanol–water partition coefficient (Wildman–Crippen LogP) is 2.51. The number of aliphatic hydroxyl groups excluding tert-OH is 1. The zero-order valence-corrected chi connectivity index (χ0v) is 38.1. The quantitative estimate of drug-likeness (QED) is 0.168. The highest BCUT2D eigenvalue weighted by atomic mass is 16.3. The number of aromatic hydroxyl groups is 1. The van der Waals surface area contributed by atoms with Crippen molar-refractivity contribution in [3.8, 4) is 29.4 Å². The zero-order chi connectivity index (χ0) is 46.0. The largest absolute Gasteiger partial charge is 0.507 e. The van der Waals surface area contributed by atoms with Crippen LogP contribution in [0, 0.1) is 29.1 Å². The first-order valence-corrected chi connectivity index (χ1v) is 23.1. The molecule has 16 nitrogen and oxygen atoms in total. The molecule has 2 aliphatic carbocycles. The number of benzene rings is 2. The van der Waals surface area contributed by atoms with Crippen LogP contribution in [0.1, 0.15) is 64.0 Å². The first-order valence-electron chi connectivity index (χ1n) is 23.1. The molecule has 3 atom stereocenters. The number of phenolic OH excluding ortho intramolecular Hbond substituents is 1. The number of likely N-dealkylation sites (tertiary alicyclic amines) is 1. The van der Waals surface area contributed by atoms with E-state index in [2.05, 4.69) is 46.8 Å². The maximum absolute atomic E-state index is 14.1. The number of aliphatic hydroxyl groups is 1. The lowest BCUT2D eigenvalue weighted by atomic mass is 9.49. The minimum Gasteiger partial charge on any atom is -0.507 e. The van der Waals surface area contributed by atoms with Crippen LogP contribution in [0.15, 0.2) is 54.6 Å². The van der Waals surface area contributed by atoms with E-state index >= 15 is 0 Å². The number of rotatable bonds is 12. The van der Waals surface area contributed by atoms with Gasteiger partial charge >= 0.3 is 0 Å². The van der Waals surface area contributed by atoms with Gasteiger partial charge < -0.3 is 40.9 Å². The molecular weight excluding hydrogens is 825 g/mol. The number of aromatic nitrogens is 2. The Morgan fingerprint density at radius 2 is 1.60 bits per heavy atom. The van der Waals surface area contributed by atoms with Crippen molar-refractivity contribution in [2.75, 3.05) is 82.7 Å². The Balaban J connectivity index is 0.759. The van der Waals surface area contributed by atoms with Gasteiger partial charge in [-0.25, -0.2) is 0 Å². The SMILES string of the molecule is C#Cc1ccc(CNC(=O)[C@@H]2C[C@@H](O)CN2C(=O)[C@@H](NC(=O)[C@H]2CC3(C2)C[C@H](N2CCN(C(=O)CN4CCN(c5cc(-c6ccccc6O)nnc5NC)CC4)CC2)C3)C(C)(C)C)cc1. The normalized spacial score (nSPS) is 25.3. The summed E-state index contributed by atoms with van der Waals surface area (Å²) in [4.78, 5) is 65.1. The molecule has 65 heavy (non-hydrogen) atoms. The smallest absolute Gasteiger partial charge is 0.246 e. The van der Waals surface area contributed by atoms with Crippen molar-refractivity contribution < 1.29 is 29.4 Å². The molecule has 0 unspecified atom stereocenters. The van der Waals surface area contributed by atoms with Crippen molar-refractivity contribution in [1.29, 1.82) is 0 Å². The summed E-state index contributed by atoms with van der Waals surface area (Å²) in [5.74, 6) is 2.55. The summed E-state index contributed by atoms with van der Waals surface area (Å²) >= 11 is 0. The van der Waals surface area contributed by atoms with Crippen molar-refractivity contribution >= 4 is 35.1 Å². The fraction of sp³-hybridized carbons (Fsp3) is 0.551. The Kier molecular flexibility index (Phi) is 13.4. The topological polar surface area (TPSA) is 187 Å². The summed E-state index contributed by atoms with van der Waals surface area (Å²) in [5.41, 5.74) is 3.27. The van der Waals surface area contributed by atoms with E-state index in [4.69, 9.17) is 6.42 Å². The van der Waals surface area contributed by atoms with Gasteiger partial charge in [-0.05, 0) is 72.4 Å². The summed E-state index contributed by atoms with van der Waals surface area (Å²) in [6.45, 7) is 12.4. The molecule has 3 aliphatic heterocycles. The van der Waals surface area contributed by atoms with Crippen molar-refractivity contribution in [1.82, 2.24) is 40.4 Å². The third kappa shape index (κ3) is 10.1. The van der Waals surface area contributed by atoms with Gasteiger partial charge in [0.05, 0.1) is 24.0 Å². The average Bonchev–Trinajstić information content (AvgIpc) is 3.68. The van der Waals surface area contributed by atoms with E-state index in [1.54, 1.807) is 24.3 Å². The second kappa shape index (κ2) is 19.0. The van der Waals surface area contributed by atoms with Gasteiger partial charge in [-0.1, -0.05) is 51.0 Å². The Morgan fingerprint density at radius 3 is 2.25 bits per heavy atom. The first kappa shape index (κ1) is 45.8. The molecule has 3 saturated heterocycles. The predicted molar refractivity (Wildman–Crippen MR) is 247 cm³/mol. The summed E-state index contributed by atoms with van der Waals surface area (Å²) < 4.78 is 0. The molecule has 1 aromatic heterocycles. The Hall–Kier alpha value is -5.76. The molecule has 5 fully saturated rings. The minimum absolute atomic E-state index is 0.0267. The third-order valence-electron chi connectivity index (χ3n) is 14.4. The number of anilines is 2. The number of carbonyl (C=O) groups is 4. The molecule has 2 saturated carbocycles. The van der Waals surface area contributed by atoms with Gasteiger partial charge in [0.25, 0.3) is 0 Å². The molecule has 16 heteroatoms. The van der Waals surface area contributed by atoms with Crippen molar-refractivity contribution in [3.05, 3.63) is 65.7 Å². The van der Waals surface area contributed by atoms with Crippen LogP contribution in [0.4, 0.5) is 11.5 Å². The number of terminal acetylenes is 1. The number of hydrogen-bond acceptors (Lipinski definition) is 12. The lowest BCUT2D eigenvalue weighted by Crippen LogP contribution is -2.63. The van der Waals surface area contributed by atoms with Crippen LogP contribution >= 0.6 is 0 Å². The molecule has 5 aliphatic rings. The van der Waals surface area contributed by atoms with E-state index in [0.29, 0.717) is 42.8 Å². The van der Waals surface area contributed by atoms with Crippen LogP contribution in [-0.4, -0.2) is 160 Å². The van der Waals surface area contributed by atoms with Crippen LogP contribution in [0.2, 0.25) is 0 Å². The summed E-state index contributed by atoms with van der Waals surface area (Å²) in [6, 6.07) is 15.1. The van der Waals surface area contributed by atoms with Crippen LogP contribution in [0.3, 0.4) is 0 Å².